The van der Waals surface area contributed by atoms with Crippen molar-refractivity contribution in [1.29, 1.82) is 0 Å². The van der Waals surface area contributed by atoms with E-state index in [0.717, 1.165) is 0 Å². The zero-order chi connectivity index (χ0) is 13.7. The monoisotopic (exact) mass is 251 g/mol. The molecule has 0 fully saturated rings. The molecule has 0 bridgehead atoms. The summed E-state index contributed by atoms with van der Waals surface area (Å²) in [4.78, 5) is 26.0. The maximum absolute atomic E-state index is 11.7. The van der Waals surface area contributed by atoms with Crippen molar-refractivity contribution in [2.75, 3.05) is 5.32 Å². The van der Waals surface area contributed by atoms with E-state index >= 15 is 0 Å². The Kier molecular flexibility index (Phi) is 4.79. The lowest BCUT2D eigenvalue weighted by Gasteiger charge is -2.13. The minimum absolute atomic E-state index is 0.0699. The number of hydrogen-bond donors (Lipinski definition) is 3. The number of anilines is 1. The molecule has 1 heterocycles. The smallest absolute Gasteiger partial charge is 0.354 e. The number of aromatic carboxylic acids is 1. The second kappa shape index (κ2) is 6.11. The van der Waals surface area contributed by atoms with Gasteiger partial charge in [0.1, 0.15) is 5.69 Å². The number of pyridine rings is 1. The Morgan fingerprint density at radius 1 is 1.44 bits per heavy atom. The van der Waals surface area contributed by atoms with Crippen LogP contribution < -0.4 is 11.1 Å². The van der Waals surface area contributed by atoms with E-state index in [9.17, 15) is 9.59 Å². The van der Waals surface area contributed by atoms with Gasteiger partial charge in [-0.3, -0.25) is 4.79 Å². The molecule has 0 aliphatic heterocycles. The predicted octanol–water partition coefficient (Wildman–Crippen LogP) is 1.09. The minimum atomic E-state index is -1.11. The van der Waals surface area contributed by atoms with Gasteiger partial charge in [0.15, 0.2) is 0 Å². The minimum Gasteiger partial charge on any atom is -0.477 e. The molecule has 4 N–H and O–H groups in total. The van der Waals surface area contributed by atoms with Crippen LogP contribution in [-0.2, 0) is 4.79 Å². The quantitative estimate of drug-likeness (QED) is 0.726. The fourth-order valence-electron chi connectivity index (χ4n) is 1.44. The number of carboxylic acid groups (broad SMARTS) is 1. The Bertz CT molecular complexity index is 429. The third kappa shape index (κ3) is 4.14. The molecule has 0 aliphatic carbocycles. The van der Waals surface area contributed by atoms with Gasteiger partial charge in [-0.25, -0.2) is 9.78 Å². The first-order valence-corrected chi connectivity index (χ1v) is 5.66. The Labute approximate surface area is 105 Å². The molecule has 1 rings (SSSR count). The van der Waals surface area contributed by atoms with Crippen molar-refractivity contribution in [1.82, 2.24) is 4.98 Å². The van der Waals surface area contributed by atoms with Crippen LogP contribution in [0.1, 0.15) is 30.8 Å². The average Bonchev–Trinajstić information content (AvgIpc) is 2.28. The lowest BCUT2D eigenvalue weighted by atomic mass is 10.0. The van der Waals surface area contributed by atoms with E-state index < -0.39 is 12.0 Å². The Morgan fingerprint density at radius 2 is 2.11 bits per heavy atom. The number of aromatic nitrogens is 1. The molecular formula is C12H17N3O3. The summed E-state index contributed by atoms with van der Waals surface area (Å²) in [6.07, 6.45) is 1.88. The molecule has 0 aromatic carbocycles. The molecule has 0 radical (unpaired) electrons. The van der Waals surface area contributed by atoms with Crippen LogP contribution in [0.5, 0.6) is 0 Å². The number of carbonyl (C=O) groups excluding carboxylic acids is 1. The van der Waals surface area contributed by atoms with E-state index in [1.807, 2.05) is 13.8 Å². The first-order valence-electron chi connectivity index (χ1n) is 5.66. The van der Waals surface area contributed by atoms with Crippen LogP contribution in [-0.4, -0.2) is 28.0 Å². The summed E-state index contributed by atoms with van der Waals surface area (Å²) >= 11 is 0. The summed E-state index contributed by atoms with van der Waals surface area (Å²) in [5, 5.41) is 11.3. The number of carboxylic acids is 1. The molecular weight excluding hydrogens is 234 g/mol. The summed E-state index contributed by atoms with van der Waals surface area (Å²) in [5.74, 6) is -1.07. The van der Waals surface area contributed by atoms with E-state index in [4.69, 9.17) is 10.8 Å². The number of hydrogen-bond acceptors (Lipinski definition) is 4. The molecule has 1 atom stereocenters. The summed E-state index contributed by atoms with van der Waals surface area (Å²) in [6.45, 7) is 3.96. The van der Waals surface area contributed by atoms with Crippen molar-refractivity contribution in [2.24, 2.45) is 11.7 Å². The van der Waals surface area contributed by atoms with Crippen molar-refractivity contribution >= 4 is 17.6 Å². The maximum atomic E-state index is 11.7. The van der Waals surface area contributed by atoms with Crippen LogP contribution in [0, 0.1) is 5.92 Å². The lowest BCUT2D eigenvalue weighted by Crippen LogP contribution is -2.36. The maximum Gasteiger partial charge on any atom is 0.354 e. The highest BCUT2D eigenvalue weighted by Crippen LogP contribution is 2.09. The van der Waals surface area contributed by atoms with Gasteiger partial charge in [0.05, 0.1) is 17.9 Å². The fourth-order valence-corrected chi connectivity index (χ4v) is 1.44. The normalized spacial score (nSPS) is 12.2. The summed E-state index contributed by atoms with van der Waals surface area (Å²) in [6, 6.07) is 2.23. The molecule has 0 saturated heterocycles. The standard InChI is InChI=1S/C12H17N3O3/c1-7(2)5-9(13)11(16)15-8-3-4-10(12(17)18)14-6-8/h3-4,6-7,9H,5,13H2,1-2H3,(H,15,16)(H,17,18)/t9-/m0/s1. The van der Waals surface area contributed by atoms with Gasteiger partial charge in [-0.15, -0.1) is 0 Å². The molecule has 0 unspecified atom stereocenters. The second-order valence-electron chi connectivity index (χ2n) is 4.46. The topological polar surface area (TPSA) is 105 Å². The van der Waals surface area contributed by atoms with Gasteiger partial charge in [0, 0.05) is 0 Å². The Balaban J connectivity index is 2.62. The Morgan fingerprint density at radius 3 is 2.56 bits per heavy atom. The zero-order valence-electron chi connectivity index (χ0n) is 10.4. The van der Waals surface area contributed by atoms with Crippen LogP contribution in [0.15, 0.2) is 18.3 Å². The van der Waals surface area contributed by atoms with Gasteiger partial charge in [0.25, 0.3) is 0 Å². The SMILES string of the molecule is CC(C)C[C@H](N)C(=O)Nc1ccc(C(=O)O)nc1. The molecule has 6 heteroatoms. The summed E-state index contributed by atoms with van der Waals surface area (Å²) < 4.78 is 0. The van der Waals surface area contributed by atoms with Crippen LogP contribution in [0.25, 0.3) is 0 Å². The zero-order valence-corrected chi connectivity index (χ0v) is 10.4. The predicted molar refractivity (Wildman–Crippen MR) is 67.3 cm³/mol. The highest BCUT2D eigenvalue weighted by atomic mass is 16.4. The van der Waals surface area contributed by atoms with Crippen molar-refractivity contribution in [2.45, 2.75) is 26.3 Å². The number of nitrogens with one attached hydrogen (secondary N) is 1. The van der Waals surface area contributed by atoms with Gasteiger partial charge in [-0.1, -0.05) is 13.8 Å². The van der Waals surface area contributed by atoms with Gasteiger partial charge in [-0.05, 0) is 24.5 Å². The molecule has 0 aliphatic rings. The first kappa shape index (κ1) is 14.1. The third-order valence-electron chi connectivity index (χ3n) is 2.31. The van der Waals surface area contributed by atoms with E-state index in [-0.39, 0.29) is 11.6 Å². The molecule has 1 aromatic heterocycles. The van der Waals surface area contributed by atoms with Gasteiger partial charge < -0.3 is 16.2 Å². The largest absolute Gasteiger partial charge is 0.477 e. The highest BCUT2D eigenvalue weighted by Gasteiger charge is 2.15. The molecule has 18 heavy (non-hydrogen) atoms. The van der Waals surface area contributed by atoms with E-state index in [1.165, 1.54) is 18.3 Å². The van der Waals surface area contributed by atoms with E-state index in [1.54, 1.807) is 0 Å². The van der Waals surface area contributed by atoms with Crippen LogP contribution in [0.3, 0.4) is 0 Å². The fraction of sp³-hybridized carbons (Fsp3) is 0.417. The van der Waals surface area contributed by atoms with Gasteiger partial charge in [-0.2, -0.15) is 0 Å². The molecule has 98 valence electrons. The molecule has 0 saturated carbocycles. The molecule has 1 aromatic rings. The van der Waals surface area contributed by atoms with E-state index in [2.05, 4.69) is 10.3 Å². The third-order valence-corrected chi connectivity index (χ3v) is 2.31. The second-order valence-corrected chi connectivity index (χ2v) is 4.46. The summed E-state index contributed by atoms with van der Waals surface area (Å²) in [5.41, 5.74) is 6.08. The first-order chi connectivity index (χ1) is 8.40. The van der Waals surface area contributed by atoms with Crippen molar-refractivity contribution < 1.29 is 14.7 Å². The van der Waals surface area contributed by atoms with Gasteiger partial charge >= 0.3 is 5.97 Å². The Hall–Kier alpha value is -1.95. The van der Waals surface area contributed by atoms with E-state index in [0.29, 0.717) is 18.0 Å². The average molecular weight is 251 g/mol. The van der Waals surface area contributed by atoms with Crippen LogP contribution in [0.4, 0.5) is 5.69 Å². The summed E-state index contributed by atoms with van der Waals surface area (Å²) in [7, 11) is 0. The number of amides is 1. The van der Waals surface area contributed by atoms with Crippen LogP contribution >= 0.6 is 0 Å². The van der Waals surface area contributed by atoms with Gasteiger partial charge in [0.2, 0.25) is 5.91 Å². The van der Waals surface area contributed by atoms with Crippen molar-refractivity contribution in [3.8, 4) is 0 Å². The highest BCUT2D eigenvalue weighted by molar-refractivity contribution is 5.94. The molecule has 6 nitrogen and oxygen atoms in total. The van der Waals surface area contributed by atoms with Crippen molar-refractivity contribution in [3.63, 3.8) is 0 Å². The van der Waals surface area contributed by atoms with Crippen molar-refractivity contribution in [3.05, 3.63) is 24.0 Å². The van der Waals surface area contributed by atoms with Crippen LogP contribution in [0.2, 0.25) is 0 Å². The lowest BCUT2D eigenvalue weighted by molar-refractivity contribution is -0.117. The number of nitrogens with two attached hydrogens (primary N) is 1. The molecule has 0 spiro atoms. The number of rotatable bonds is 5. The molecule has 1 amide bonds. The number of nitrogens with zero attached hydrogens (tertiary/aromatic N) is 1. The number of carbonyl (C=O) groups is 2.